The summed E-state index contributed by atoms with van der Waals surface area (Å²) < 4.78 is 31.7. The molecule has 1 aliphatic heterocycles. The number of aromatic nitrogens is 1. The topological polar surface area (TPSA) is 79.1 Å². The first kappa shape index (κ1) is 24.4. The molecule has 2 aromatic carbocycles. The van der Waals surface area contributed by atoms with E-state index >= 15 is 0 Å². The molecule has 2 heterocycles. The van der Waals surface area contributed by atoms with Crippen molar-refractivity contribution >= 4 is 23.4 Å². The van der Waals surface area contributed by atoms with Crippen molar-refractivity contribution in [1.82, 2.24) is 4.57 Å². The molecule has 0 spiro atoms. The van der Waals surface area contributed by atoms with Crippen molar-refractivity contribution in [2.75, 3.05) is 20.3 Å². The number of fused-ring (bicyclic) bond motifs is 1. The summed E-state index contributed by atoms with van der Waals surface area (Å²) in [6.07, 6.45) is 1.68. The van der Waals surface area contributed by atoms with Gasteiger partial charge in [0.2, 0.25) is 0 Å². The van der Waals surface area contributed by atoms with E-state index < -0.39 is 12.0 Å². The largest absolute Gasteiger partial charge is 0.493 e. The molecule has 1 aromatic heterocycles. The van der Waals surface area contributed by atoms with Gasteiger partial charge in [0.15, 0.2) is 16.3 Å². The summed E-state index contributed by atoms with van der Waals surface area (Å²) in [4.78, 5) is 31.6. The van der Waals surface area contributed by atoms with Crippen LogP contribution in [0, 0.1) is 5.82 Å². The van der Waals surface area contributed by atoms with Crippen LogP contribution >= 0.6 is 11.3 Å². The van der Waals surface area contributed by atoms with Crippen molar-refractivity contribution in [2.24, 2.45) is 4.99 Å². The minimum atomic E-state index is -0.772. The SMILES string of the molecule is CCOC(=O)C1=C(C)N=c2s/c(=C\c3ccc(F)cc3)c(=O)n2[C@H]1c1ccc(OC)c(OCC)c1. The summed E-state index contributed by atoms with van der Waals surface area (Å²) in [7, 11) is 1.55. The molecule has 35 heavy (non-hydrogen) atoms. The first-order chi connectivity index (χ1) is 16.9. The van der Waals surface area contributed by atoms with E-state index in [1.807, 2.05) is 6.92 Å². The molecule has 0 N–H and O–H groups in total. The fourth-order valence-corrected chi connectivity index (χ4v) is 5.00. The summed E-state index contributed by atoms with van der Waals surface area (Å²) >= 11 is 1.20. The average Bonchev–Trinajstić information content (AvgIpc) is 3.14. The van der Waals surface area contributed by atoms with E-state index in [0.29, 0.717) is 44.3 Å². The van der Waals surface area contributed by atoms with Crippen molar-refractivity contribution in [1.29, 1.82) is 0 Å². The molecule has 0 fully saturated rings. The second-order valence-corrected chi connectivity index (χ2v) is 8.71. The monoisotopic (exact) mass is 496 g/mol. The predicted molar refractivity (Wildman–Crippen MR) is 131 cm³/mol. The zero-order valence-electron chi connectivity index (χ0n) is 19.8. The van der Waals surface area contributed by atoms with Crippen LogP contribution in [0.2, 0.25) is 0 Å². The van der Waals surface area contributed by atoms with Gasteiger partial charge in [-0.1, -0.05) is 29.5 Å². The number of halogens is 1. The third-order valence-corrected chi connectivity index (χ3v) is 6.47. The van der Waals surface area contributed by atoms with Crippen molar-refractivity contribution in [3.05, 3.63) is 90.4 Å². The molecule has 0 amide bonds. The average molecular weight is 497 g/mol. The second kappa shape index (κ2) is 10.3. The first-order valence-corrected chi connectivity index (χ1v) is 12.0. The van der Waals surface area contributed by atoms with Gasteiger partial charge in [-0.05, 0) is 62.2 Å². The van der Waals surface area contributed by atoms with Gasteiger partial charge in [-0.15, -0.1) is 0 Å². The van der Waals surface area contributed by atoms with Crippen LogP contribution in [0.4, 0.5) is 4.39 Å². The van der Waals surface area contributed by atoms with Crippen LogP contribution in [0.1, 0.15) is 37.9 Å². The summed E-state index contributed by atoms with van der Waals surface area (Å²) in [5.41, 5.74) is 1.77. The number of rotatable bonds is 7. The molecule has 1 atom stereocenters. The van der Waals surface area contributed by atoms with E-state index in [1.165, 1.54) is 28.0 Å². The van der Waals surface area contributed by atoms with Crippen LogP contribution in [0.3, 0.4) is 0 Å². The molecule has 9 heteroatoms. The number of hydrogen-bond donors (Lipinski definition) is 0. The van der Waals surface area contributed by atoms with Gasteiger partial charge < -0.3 is 14.2 Å². The number of thiazole rings is 1. The minimum absolute atomic E-state index is 0.185. The van der Waals surface area contributed by atoms with E-state index in [4.69, 9.17) is 14.2 Å². The molecule has 4 rings (SSSR count). The maximum absolute atomic E-state index is 13.6. The molecule has 3 aromatic rings. The van der Waals surface area contributed by atoms with Crippen molar-refractivity contribution in [2.45, 2.75) is 26.8 Å². The maximum Gasteiger partial charge on any atom is 0.338 e. The number of carbonyl (C=O) groups is 1. The lowest BCUT2D eigenvalue weighted by Crippen LogP contribution is -2.40. The molecule has 0 unspecified atom stereocenters. The summed E-state index contributed by atoms with van der Waals surface area (Å²) in [5, 5.41) is 0. The third kappa shape index (κ3) is 4.77. The highest BCUT2D eigenvalue weighted by Crippen LogP contribution is 2.36. The van der Waals surface area contributed by atoms with Crippen molar-refractivity contribution < 1.29 is 23.4 Å². The Morgan fingerprint density at radius 3 is 2.54 bits per heavy atom. The molecule has 182 valence electrons. The van der Waals surface area contributed by atoms with Gasteiger partial charge in [0.1, 0.15) is 5.82 Å². The van der Waals surface area contributed by atoms with Gasteiger partial charge in [0, 0.05) is 0 Å². The fraction of sp³-hybridized carbons (Fsp3) is 0.269. The van der Waals surface area contributed by atoms with Crippen LogP contribution in [0.15, 0.2) is 63.5 Å². The zero-order chi connectivity index (χ0) is 25.1. The summed E-state index contributed by atoms with van der Waals surface area (Å²) in [6, 6.07) is 10.4. The van der Waals surface area contributed by atoms with Crippen LogP contribution in [-0.4, -0.2) is 30.9 Å². The van der Waals surface area contributed by atoms with Gasteiger partial charge in [0.25, 0.3) is 5.56 Å². The molecular formula is C26H25FN2O5S. The van der Waals surface area contributed by atoms with Crippen LogP contribution < -0.4 is 24.4 Å². The number of carbonyl (C=O) groups excluding carboxylic acids is 1. The highest BCUT2D eigenvalue weighted by atomic mass is 32.1. The molecule has 0 saturated heterocycles. The zero-order valence-corrected chi connectivity index (χ0v) is 20.6. The number of ether oxygens (including phenoxy) is 3. The number of benzene rings is 2. The number of nitrogens with zero attached hydrogens (tertiary/aromatic N) is 2. The Labute approximate surface area is 205 Å². The lowest BCUT2D eigenvalue weighted by molar-refractivity contribution is -0.139. The van der Waals surface area contributed by atoms with Crippen LogP contribution in [0.5, 0.6) is 11.5 Å². The highest BCUT2D eigenvalue weighted by Gasteiger charge is 2.33. The predicted octanol–water partition coefficient (Wildman–Crippen LogP) is 3.34. The van der Waals surface area contributed by atoms with Crippen LogP contribution in [0.25, 0.3) is 6.08 Å². The van der Waals surface area contributed by atoms with Gasteiger partial charge in [-0.25, -0.2) is 14.2 Å². The Morgan fingerprint density at radius 2 is 1.89 bits per heavy atom. The molecule has 0 bridgehead atoms. The number of esters is 1. The molecule has 1 aliphatic rings. The Kier molecular flexibility index (Phi) is 7.16. The maximum atomic E-state index is 13.6. The molecular weight excluding hydrogens is 471 g/mol. The van der Waals surface area contributed by atoms with Gasteiger partial charge in [-0.3, -0.25) is 9.36 Å². The van der Waals surface area contributed by atoms with E-state index in [1.54, 1.807) is 57.4 Å². The molecule has 0 aliphatic carbocycles. The van der Waals surface area contributed by atoms with Gasteiger partial charge in [0.05, 0.1) is 42.2 Å². The van der Waals surface area contributed by atoms with Gasteiger partial charge >= 0.3 is 5.97 Å². The number of methoxy groups -OCH3 is 1. The van der Waals surface area contributed by atoms with Crippen molar-refractivity contribution in [3.8, 4) is 11.5 Å². The molecule has 7 nitrogen and oxygen atoms in total. The highest BCUT2D eigenvalue weighted by molar-refractivity contribution is 7.07. The van der Waals surface area contributed by atoms with E-state index in [-0.39, 0.29) is 23.6 Å². The van der Waals surface area contributed by atoms with Crippen molar-refractivity contribution in [3.63, 3.8) is 0 Å². The Hall–Kier alpha value is -3.72. The Balaban J connectivity index is 1.96. The van der Waals surface area contributed by atoms with Crippen LogP contribution in [-0.2, 0) is 9.53 Å². The number of hydrogen-bond acceptors (Lipinski definition) is 7. The normalized spacial score (nSPS) is 15.5. The smallest absolute Gasteiger partial charge is 0.338 e. The molecule has 0 radical (unpaired) electrons. The molecule has 0 saturated carbocycles. The first-order valence-electron chi connectivity index (χ1n) is 11.1. The quantitative estimate of drug-likeness (QED) is 0.469. The second-order valence-electron chi connectivity index (χ2n) is 7.70. The van der Waals surface area contributed by atoms with E-state index in [9.17, 15) is 14.0 Å². The lowest BCUT2D eigenvalue weighted by Gasteiger charge is -2.25. The van der Waals surface area contributed by atoms with Gasteiger partial charge in [-0.2, -0.15) is 0 Å². The third-order valence-electron chi connectivity index (χ3n) is 5.49. The minimum Gasteiger partial charge on any atom is -0.493 e. The number of allylic oxidation sites excluding steroid dienone is 1. The summed E-state index contributed by atoms with van der Waals surface area (Å²) in [6.45, 7) is 5.91. The summed E-state index contributed by atoms with van der Waals surface area (Å²) in [5.74, 6) is 0.139. The Bertz CT molecular complexity index is 1470. The Morgan fingerprint density at radius 1 is 1.14 bits per heavy atom. The standard InChI is InChI=1S/C26H25FN2O5S/c1-5-33-20-14-17(9-12-19(20)32-4)23-22(25(31)34-6-2)15(3)28-26-29(23)24(30)21(35-26)13-16-7-10-18(27)11-8-16/h7-14,23H,5-6H2,1-4H3/b21-13-/t23-/m0/s1. The van der Waals surface area contributed by atoms with E-state index in [0.717, 1.165) is 0 Å². The van der Waals surface area contributed by atoms with E-state index in [2.05, 4.69) is 4.99 Å². The lowest BCUT2D eigenvalue weighted by atomic mass is 9.95. The fourth-order valence-electron chi connectivity index (χ4n) is 3.95.